The molecule has 0 rings (SSSR count). The minimum absolute atomic E-state index is 0.285. The summed E-state index contributed by atoms with van der Waals surface area (Å²) in [5.41, 5.74) is 0. The number of hydrogen-bond donors (Lipinski definition) is 4. The maximum atomic E-state index is 12.6. The Morgan fingerprint density at radius 3 is 1.28 bits per heavy atom. The summed E-state index contributed by atoms with van der Waals surface area (Å²) in [5, 5.41) is 23.4. The van der Waals surface area contributed by atoms with Crippen LogP contribution in [0.2, 0.25) is 0 Å². The van der Waals surface area contributed by atoms with Gasteiger partial charge in [0.2, 0.25) is 5.91 Å². The Labute approximate surface area is 291 Å². The highest BCUT2D eigenvalue weighted by atomic mass is 32.2. The van der Waals surface area contributed by atoms with E-state index >= 15 is 0 Å². The second-order valence-corrected chi connectivity index (χ2v) is 15.6. The molecule has 0 saturated carbocycles. The molecule has 0 fully saturated rings. The zero-order valence-corrected chi connectivity index (χ0v) is 31.6. The number of amides is 1. The van der Waals surface area contributed by atoms with Gasteiger partial charge in [-0.3, -0.25) is 9.35 Å². The van der Waals surface area contributed by atoms with Gasteiger partial charge in [0.05, 0.1) is 17.9 Å². The van der Waals surface area contributed by atoms with Crippen molar-refractivity contribution in [3.63, 3.8) is 0 Å². The van der Waals surface area contributed by atoms with Crippen molar-refractivity contribution in [1.29, 1.82) is 0 Å². The quantitative estimate of drug-likeness (QED) is 0.0295. The van der Waals surface area contributed by atoms with Crippen molar-refractivity contribution >= 4 is 16.0 Å². The van der Waals surface area contributed by atoms with Crippen LogP contribution in [0.25, 0.3) is 0 Å². The molecule has 0 aliphatic carbocycles. The first-order valence-corrected chi connectivity index (χ1v) is 21.6. The van der Waals surface area contributed by atoms with Crippen LogP contribution in [0.4, 0.5) is 0 Å². The molecule has 0 saturated heterocycles. The number of nitrogens with one attached hydrogen (secondary N) is 1. The minimum Gasteiger partial charge on any atom is -0.387 e. The molecule has 0 bridgehead atoms. The molecule has 47 heavy (non-hydrogen) atoms. The molecule has 8 heteroatoms. The van der Waals surface area contributed by atoms with Gasteiger partial charge in [-0.05, 0) is 19.3 Å². The van der Waals surface area contributed by atoms with Gasteiger partial charge in [0.25, 0.3) is 10.1 Å². The van der Waals surface area contributed by atoms with E-state index in [9.17, 15) is 28.0 Å². The average molecular weight is 688 g/mol. The maximum Gasteiger partial charge on any atom is 0.267 e. The van der Waals surface area contributed by atoms with E-state index in [-0.39, 0.29) is 6.42 Å². The highest BCUT2D eigenvalue weighted by molar-refractivity contribution is 7.85. The van der Waals surface area contributed by atoms with Crippen molar-refractivity contribution in [2.24, 2.45) is 0 Å². The first-order valence-electron chi connectivity index (χ1n) is 20.0. The highest BCUT2D eigenvalue weighted by Gasteiger charge is 2.27. The Hall–Kier alpha value is -0.960. The molecule has 3 atom stereocenters. The number of aliphatic hydroxyl groups excluding tert-OH is 2. The van der Waals surface area contributed by atoms with E-state index in [0.717, 1.165) is 38.5 Å². The molecule has 280 valence electrons. The monoisotopic (exact) mass is 688 g/mol. The third-order valence-corrected chi connectivity index (χ3v) is 10.1. The molecule has 0 radical (unpaired) electrons. The Bertz CT molecular complexity index is 818. The Kier molecular flexibility index (Phi) is 32.8. The van der Waals surface area contributed by atoms with Crippen molar-refractivity contribution in [2.45, 2.75) is 225 Å². The van der Waals surface area contributed by atoms with Crippen LogP contribution < -0.4 is 5.32 Å². The molecule has 4 N–H and O–H groups in total. The Morgan fingerprint density at radius 1 is 0.574 bits per heavy atom. The van der Waals surface area contributed by atoms with Gasteiger partial charge in [-0.25, -0.2) is 0 Å². The fourth-order valence-corrected chi connectivity index (χ4v) is 6.96. The Balaban J connectivity index is 4.03. The van der Waals surface area contributed by atoms with Crippen LogP contribution in [0.15, 0.2) is 12.2 Å². The summed E-state index contributed by atoms with van der Waals surface area (Å²) in [7, 11) is -4.43. The third kappa shape index (κ3) is 33.3. The highest BCUT2D eigenvalue weighted by Crippen LogP contribution is 2.16. The van der Waals surface area contributed by atoms with Crippen LogP contribution in [0.3, 0.4) is 0 Å². The molecule has 1 amide bonds. The van der Waals surface area contributed by atoms with Gasteiger partial charge >= 0.3 is 0 Å². The molecule has 0 aliphatic rings. The van der Waals surface area contributed by atoms with Gasteiger partial charge in [-0.2, -0.15) is 8.42 Å². The second-order valence-electron chi connectivity index (χ2n) is 14.1. The number of rotatable bonds is 36. The first kappa shape index (κ1) is 46.0. The maximum absolute atomic E-state index is 12.6. The molecule has 0 aromatic rings. The molecule has 3 unspecified atom stereocenters. The molecule has 0 aromatic carbocycles. The lowest BCUT2D eigenvalue weighted by atomic mass is 10.0. The van der Waals surface area contributed by atoms with Gasteiger partial charge in [0, 0.05) is 0 Å². The summed E-state index contributed by atoms with van der Waals surface area (Å²) in [6.07, 6.45) is 36.9. The van der Waals surface area contributed by atoms with Crippen LogP contribution in [-0.2, 0) is 14.9 Å². The van der Waals surface area contributed by atoms with E-state index in [0.29, 0.717) is 6.42 Å². The second kappa shape index (κ2) is 33.5. The Morgan fingerprint density at radius 2 is 0.915 bits per heavy atom. The van der Waals surface area contributed by atoms with Crippen molar-refractivity contribution in [3.05, 3.63) is 12.2 Å². The summed E-state index contributed by atoms with van der Waals surface area (Å²) >= 11 is 0. The summed E-state index contributed by atoms with van der Waals surface area (Å²) < 4.78 is 32.5. The van der Waals surface area contributed by atoms with Crippen molar-refractivity contribution in [3.8, 4) is 0 Å². The largest absolute Gasteiger partial charge is 0.387 e. The predicted octanol–water partition coefficient (Wildman–Crippen LogP) is 10.4. The zero-order chi connectivity index (χ0) is 34.9. The number of hydrogen-bond acceptors (Lipinski definition) is 5. The molecule has 7 nitrogen and oxygen atoms in total. The average Bonchev–Trinajstić information content (AvgIpc) is 3.03. The van der Waals surface area contributed by atoms with Crippen molar-refractivity contribution in [1.82, 2.24) is 5.32 Å². The van der Waals surface area contributed by atoms with Gasteiger partial charge in [-0.15, -0.1) is 0 Å². The summed E-state index contributed by atoms with van der Waals surface area (Å²) in [6.45, 7) is 4.50. The molecular weight excluding hydrogens is 610 g/mol. The van der Waals surface area contributed by atoms with E-state index in [1.807, 2.05) is 0 Å². The first-order chi connectivity index (χ1) is 22.7. The van der Waals surface area contributed by atoms with Gasteiger partial charge in [0.15, 0.2) is 0 Å². The fraction of sp³-hybridized carbons (Fsp3) is 0.923. The molecule has 0 aromatic heterocycles. The van der Waals surface area contributed by atoms with Gasteiger partial charge in [0.1, 0.15) is 6.10 Å². The minimum atomic E-state index is -4.43. The molecule has 0 heterocycles. The van der Waals surface area contributed by atoms with Crippen LogP contribution in [-0.4, -0.2) is 53.1 Å². The number of allylic oxidation sites excluding steroid dienone is 1. The number of aliphatic hydroxyl groups is 2. The third-order valence-electron chi connectivity index (χ3n) is 9.32. The van der Waals surface area contributed by atoms with Crippen LogP contribution in [0.5, 0.6) is 0 Å². The zero-order valence-electron chi connectivity index (χ0n) is 30.8. The molecule has 0 spiro atoms. The van der Waals surface area contributed by atoms with Crippen LogP contribution >= 0.6 is 0 Å². The lowest BCUT2D eigenvalue weighted by Gasteiger charge is -2.22. The van der Waals surface area contributed by atoms with E-state index in [1.54, 1.807) is 6.08 Å². The molecular formula is C39H77NO6S. The van der Waals surface area contributed by atoms with E-state index in [2.05, 4.69) is 19.2 Å². The number of carbonyl (C=O) groups is 1. The van der Waals surface area contributed by atoms with Gasteiger partial charge in [-0.1, -0.05) is 199 Å². The van der Waals surface area contributed by atoms with E-state index < -0.39 is 40.0 Å². The topological polar surface area (TPSA) is 124 Å². The lowest BCUT2D eigenvalue weighted by Crippen LogP contribution is -2.50. The fourth-order valence-electron chi connectivity index (χ4n) is 6.22. The summed E-state index contributed by atoms with van der Waals surface area (Å²) in [5.74, 6) is -1.53. The van der Waals surface area contributed by atoms with Crippen LogP contribution in [0.1, 0.15) is 206 Å². The number of carbonyl (C=O) groups excluding carboxylic acids is 1. The SMILES string of the molecule is CCCCCCCCCCCCCC/C=C/C(O)C(CS(=O)(=O)O)NC(=O)C(O)CCCCCCCCCCCCCCCCCC. The lowest BCUT2D eigenvalue weighted by molar-refractivity contribution is -0.130. The van der Waals surface area contributed by atoms with E-state index in [4.69, 9.17) is 0 Å². The van der Waals surface area contributed by atoms with Crippen molar-refractivity contribution < 1.29 is 28.0 Å². The standard InChI is InChI=1S/C39H77NO6S/c1-3-5-7-9-11-13-15-17-19-20-22-24-26-28-30-32-34-38(42)39(43)40-36(35-47(44,45)46)37(41)33-31-29-27-25-23-21-18-16-14-12-10-8-6-4-2/h31,33,36-38,41-42H,3-30,32,34-35H2,1-2H3,(H,40,43)(H,44,45,46)/b33-31+. The predicted molar refractivity (Wildman–Crippen MR) is 199 cm³/mol. The summed E-state index contributed by atoms with van der Waals surface area (Å²) in [6, 6.07) is -1.23. The summed E-state index contributed by atoms with van der Waals surface area (Å²) in [4.78, 5) is 12.6. The normalized spacial score (nSPS) is 14.1. The van der Waals surface area contributed by atoms with Crippen LogP contribution in [0, 0.1) is 0 Å². The smallest absolute Gasteiger partial charge is 0.267 e. The van der Waals surface area contributed by atoms with Gasteiger partial charge < -0.3 is 15.5 Å². The van der Waals surface area contributed by atoms with E-state index in [1.165, 1.54) is 147 Å². The molecule has 0 aliphatic heterocycles. The number of unbranched alkanes of at least 4 members (excludes halogenated alkanes) is 27. The van der Waals surface area contributed by atoms with Crippen molar-refractivity contribution in [2.75, 3.05) is 5.75 Å².